The van der Waals surface area contributed by atoms with Crippen LogP contribution in [0.15, 0.2) is 58.5 Å². The standard InChI is InChI=1S/C19H24N4O3S/c1-14(15-9-11-17(12-10-15)22(2)3)20-21-19(24)16-7-6-8-18(13-16)27(25,26)23(4)5/h6-13H,1-5H3,(H,21,24)/b20-14-. The van der Waals surface area contributed by atoms with E-state index in [2.05, 4.69) is 10.5 Å². The summed E-state index contributed by atoms with van der Waals surface area (Å²) in [6.07, 6.45) is 0. The minimum absolute atomic E-state index is 0.0557. The third-order valence-electron chi connectivity index (χ3n) is 4.00. The monoisotopic (exact) mass is 388 g/mol. The maximum atomic E-state index is 12.3. The number of nitrogens with zero attached hydrogens (tertiary/aromatic N) is 3. The summed E-state index contributed by atoms with van der Waals surface area (Å²) < 4.78 is 25.5. The van der Waals surface area contributed by atoms with E-state index in [-0.39, 0.29) is 10.5 Å². The summed E-state index contributed by atoms with van der Waals surface area (Å²) in [7, 11) is 3.20. The van der Waals surface area contributed by atoms with E-state index in [1.54, 1.807) is 13.0 Å². The van der Waals surface area contributed by atoms with Crippen molar-refractivity contribution in [1.29, 1.82) is 0 Å². The predicted octanol–water partition coefficient (Wildman–Crippen LogP) is 2.16. The van der Waals surface area contributed by atoms with E-state index in [0.29, 0.717) is 5.71 Å². The van der Waals surface area contributed by atoms with Crippen LogP contribution >= 0.6 is 0 Å². The largest absolute Gasteiger partial charge is 0.378 e. The van der Waals surface area contributed by atoms with Gasteiger partial charge in [0.15, 0.2) is 0 Å². The molecule has 0 radical (unpaired) electrons. The Hall–Kier alpha value is -2.71. The quantitative estimate of drug-likeness (QED) is 0.607. The molecule has 2 aromatic rings. The highest BCUT2D eigenvalue weighted by Gasteiger charge is 2.18. The van der Waals surface area contributed by atoms with E-state index in [0.717, 1.165) is 15.6 Å². The molecule has 144 valence electrons. The van der Waals surface area contributed by atoms with E-state index >= 15 is 0 Å². The van der Waals surface area contributed by atoms with Crippen LogP contribution < -0.4 is 10.3 Å². The Kier molecular flexibility index (Phi) is 6.35. The summed E-state index contributed by atoms with van der Waals surface area (Å²) in [6, 6.07) is 13.6. The van der Waals surface area contributed by atoms with Crippen molar-refractivity contribution in [2.75, 3.05) is 33.1 Å². The summed E-state index contributed by atoms with van der Waals surface area (Å²) in [5, 5.41) is 4.12. The van der Waals surface area contributed by atoms with E-state index in [9.17, 15) is 13.2 Å². The topological polar surface area (TPSA) is 82.1 Å². The third kappa shape index (κ3) is 4.93. The number of rotatable bonds is 6. The molecule has 0 heterocycles. The molecule has 0 saturated carbocycles. The van der Waals surface area contributed by atoms with Crippen LogP contribution in [0.2, 0.25) is 0 Å². The molecule has 0 aliphatic rings. The van der Waals surface area contributed by atoms with E-state index in [1.165, 1.54) is 32.3 Å². The summed E-state index contributed by atoms with van der Waals surface area (Å²) in [5.74, 6) is -0.477. The van der Waals surface area contributed by atoms with Crippen molar-refractivity contribution in [3.63, 3.8) is 0 Å². The zero-order chi connectivity index (χ0) is 20.2. The lowest BCUT2D eigenvalue weighted by Gasteiger charge is -2.13. The fourth-order valence-electron chi connectivity index (χ4n) is 2.27. The van der Waals surface area contributed by atoms with Gasteiger partial charge in [-0.15, -0.1) is 0 Å². The fourth-order valence-corrected chi connectivity index (χ4v) is 3.22. The number of anilines is 1. The molecular weight excluding hydrogens is 364 g/mol. The van der Waals surface area contributed by atoms with Crippen molar-refractivity contribution < 1.29 is 13.2 Å². The Morgan fingerprint density at radius 1 is 0.963 bits per heavy atom. The SMILES string of the molecule is C/C(=N/NC(=O)c1cccc(S(=O)(=O)N(C)C)c1)c1ccc(N(C)C)cc1. The number of hydrogen-bond acceptors (Lipinski definition) is 5. The van der Waals surface area contributed by atoms with Crippen molar-refractivity contribution in [2.45, 2.75) is 11.8 Å². The Bertz CT molecular complexity index is 949. The van der Waals surface area contributed by atoms with Crippen LogP contribution in [0.25, 0.3) is 0 Å². The number of benzene rings is 2. The second kappa shape index (κ2) is 8.32. The predicted molar refractivity (Wildman–Crippen MR) is 108 cm³/mol. The van der Waals surface area contributed by atoms with Gasteiger partial charge in [-0.2, -0.15) is 5.10 Å². The minimum atomic E-state index is -3.60. The molecule has 8 heteroatoms. The van der Waals surface area contributed by atoms with E-state index < -0.39 is 15.9 Å². The first-order valence-corrected chi connectivity index (χ1v) is 9.72. The van der Waals surface area contributed by atoms with Gasteiger partial charge in [0, 0.05) is 39.4 Å². The molecule has 0 spiro atoms. The smallest absolute Gasteiger partial charge is 0.271 e. The van der Waals surface area contributed by atoms with Gasteiger partial charge in [-0.05, 0) is 42.8 Å². The molecule has 0 aliphatic carbocycles. The molecule has 0 fully saturated rings. The molecular formula is C19H24N4O3S. The van der Waals surface area contributed by atoms with Crippen LogP contribution in [0.1, 0.15) is 22.8 Å². The van der Waals surface area contributed by atoms with Gasteiger partial charge in [0.2, 0.25) is 10.0 Å². The van der Waals surface area contributed by atoms with Gasteiger partial charge in [0.1, 0.15) is 0 Å². The maximum Gasteiger partial charge on any atom is 0.271 e. The normalized spacial score (nSPS) is 12.1. The molecule has 0 aromatic heterocycles. The van der Waals surface area contributed by atoms with Crippen LogP contribution in [-0.4, -0.2) is 52.5 Å². The minimum Gasteiger partial charge on any atom is -0.378 e. The molecule has 7 nitrogen and oxygen atoms in total. The number of hydrogen-bond donors (Lipinski definition) is 1. The van der Waals surface area contributed by atoms with Crippen LogP contribution in [0.5, 0.6) is 0 Å². The highest BCUT2D eigenvalue weighted by Crippen LogP contribution is 2.15. The first kappa shape index (κ1) is 20.6. The Balaban J connectivity index is 2.16. The van der Waals surface area contributed by atoms with E-state index in [4.69, 9.17) is 0 Å². The van der Waals surface area contributed by atoms with Crippen LogP contribution in [0.3, 0.4) is 0 Å². The average Bonchev–Trinajstić information content (AvgIpc) is 2.65. The number of amides is 1. The first-order valence-electron chi connectivity index (χ1n) is 8.28. The molecule has 2 rings (SSSR count). The lowest BCUT2D eigenvalue weighted by molar-refractivity contribution is 0.0954. The highest BCUT2D eigenvalue weighted by molar-refractivity contribution is 7.89. The van der Waals surface area contributed by atoms with Gasteiger partial charge < -0.3 is 4.90 Å². The summed E-state index contributed by atoms with van der Waals surface area (Å²) >= 11 is 0. The maximum absolute atomic E-state index is 12.3. The molecule has 2 aromatic carbocycles. The highest BCUT2D eigenvalue weighted by atomic mass is 32.2. The van der Waals surface area contributed by atoms with Gasteiger partial charge in [-0.3, -0.25) is 4.79 Å². The molecule has 1 N–H and O–H groups in total. The first-order chi connectivity index (χ1) is 12.6. The van der Waals surface area contributed by atoms with E-state index in [1.807, 2.05) is 43.3 Å². The number of carbonyl (C=O) groups is 1. The third-order valence-corrected chi connectivity index (χ3v) is 5.81. The second-order valence-corrected chi connectivity index (χ2v) is 8.55. The van der Waals surface area contributed by atoms with Crippen molar-refractivity contribution in [3.05, 3.63) is 59.7 Å². The Labute approximate surface area is 160 Å². The Morgan fingerprint density at radius 3 is 2.15 bits per heavy atom. The molecule has 27 heavy (non-hydrogen) atoms. The van der Waals surface area contributed by atoms with Gasteiger partial charge >= 0.3 is 0 Å². The number of carbonyl (C=O) groups excluding carboxylic acids is 1. The molecule has 0 bridgehead atoms. The van der Waals surface area contributed by atoms with Gasteiger partial charge in [-0.1, -0.05) is 18.2 Å². The number of nitrogens with one attached hydrogen (secondary N) is 1. The Morgan fingerprint density at radius 2 is 1.59 bits per heavy atom. The summed E-state index contributed by atoms with van der Waals surface area (Å²) in [5.41, 5.74) is 5.28. The number of hydrazone groups is 1. The number of sulfonamides is 1. The van der Waals surface area contributed by atoms with Crippen molar-refractivity contribution in [2.24, 2.45) is 5.10 Å². The molecule has 1 amide bonds. The molecule has 0 aliphatic heterocycles. The van der Waals surface area contributed by atoms with Crippen LogP contribution in [0, 0.1) is 0 Å². The summed E-state index contributed by atoms with van der Waals surface area (Å²) in [6.45, 7) is 1.79. The zero-order valence-electron chi connectivity index (χ0n) is 16.1. The zero-order valence-corrected chi connectivity index (χ0v) is 16.9. The average molecular weight is 388 g/mol. The van der Waals surface area contributed by atoms with Crippen molar-refractivity contribution >= 4 is 27.3 Å². The van der Waals surface area contributed by atoms with Crippen molar-refractivity contribution in [1.82, 2.24) is 9.73 Å². The van der Waals surface area contributed by atoms with Gasteiger partial charge in [0.05, 0.1) is 10.6 Å². The lowest BCUT2D eigenvalue weighted by Crippen LogP contribution is -2.23. The second-order valence-electron chi connectivity index (χ2n) is 6.39. The summed E-state index contributed by atoms with van der Waals surface area (Å²) in [4.78, 5) is 14.4. The fraction of sp³-hybridized carbons (Fsp3) is 0.263. The van der Waals surface area contributed by atoms with Gasteiger partial charge in [-0.25, -0.2) is 18.1 Å². The lowest BCUT2D eigenvalue weighted by atomic mass is 10.1. The van der Waals surface area contributed by atoms with Crippen LogP contribution in [0.4, 0.5) is 5.69 Å². The molecule has 0 atom stereocenters. The van der Waals surface area contributed by atoms with Gasteiger partial charge in [0.25, 0.3) is 5.91 Å². The van der Waals surface area contributed by atoms with Crippen LogP contribution in [-0.2, 0) is 10.0 Å². The molecule has 0 unspecified atom stereocenters. The van der Waals surface area contributed by atoms with Crippen molar-refractivity contribution in [3.8, 4) is 0 Å². The molecule has 0 saturated heterocycles.